The number of fused-ring (bicyclic) bond motifs is 9. The second kappa shape index (κ2) is 12.5. The summed E-state index contributed by atoms with van der Waals surface area (Å²) in [5, 5.41) is 7.16. The molecule has 0 saturated heterocycles. The molecule has 3 nitrogen and oxygen atoms in total. The zero-order chi connectivity index (χ0) is 37.5. The third-order valence-electron chi connectivity index (χ3n) is 11.7. The highest BCUT2D eigenvalue weighted by molar-refractivity contribution is 6.17. The Morgan fingerprint density at radius 2 is 0.807 bits per heavy atom. The van der Waals surface area contributed by atoms with Gasteiger partial charge in [-0.05, 0) is 94.0 Å². The Labute approximate surface area is 328 Å². The smallest absolute Gasteiger partial charge is 0.160 e. The Morgan fingerprint density at radius 1 is 0.316 bits per heavy atom. The van der Waals surface area contributed by atoms with Crippen LogP contribution >= 0.6 is 0 Å². The van der Waals surface area contributed by atoms with Crippen molar-refractivity contribution in [2.75, 3.05) is 0 Å². The Morgan fingerprint density at radius 3 is 1.47 bits per heavy atom. The number of rotatable bonds is 5. The molecule has 9 aromatic carbocycles. The van der Waals surface area contributed by atoms with Crippen LogP contribution in [0, 0.1) is 0 Å². The molecule has 12 aromatic rings. The first kappa shape index (κ1) is 31.7. The van der Waals surface area contributed by atoms with Crippen LogP contribution in [0.3, 0.4) is 0 Å². The summed E-state index contributed by atoms with van der Waals surface area (Å²) in [6.07, 6.45) is 0. The molecular formula is C54H34N2O. The molecule has 0 amide bonds. The van der Waals surface area contributed by atoms with Gasteiger partial charge in [-0.2, -0.15) is 0 Å². The minimum atomic E-state index is 0.890. The fraction of sp³-hybridized carbons (Fsp3) is 0. The number of aromatic nitrogens is 2. The number of hydrogen-bond acceptors (Lipinski definition) is 1. The van der Waals surface area contributed by atoms with E-state index in [1.165, 1.54) is 66.0 Å². The van der Waals surface area contributed by atoms with Gasteiger partial charge in [0.2, 0.25) is 0 Å². The van der Waals surface area contributed by atoms with Crippen molar-refractivity contribution in [1.82, 2.24) is 9.13 Å². The van der Waals surface area contributed by atoms with Crippen LogP contribution in [0.5, 0.6) is 0 Å². The zero-order valence-corrected chi connectivity index (χ0v) is 30.9. The van der Waals surface area contributed by atoms with Crippen LogP contribution in [0.4, 0.5) is 0 Å². The predicted molar refractivity (Wildman–Crippen MR) is 239 cm³/mol. The second-order valence-electron chi connectivity index (χ2n) is 14.9. The van der Waals surface area contributed by atoms with Gasteiger partial charge in [0, 0.05) is 38.0 Å². The van der Waals surface area contributed by atoms with Gasteiger partial charge in [0.15, 0.2) is 5.58 Å². The first-order valence-corrected chi connectivity index (χ1v) is 19.5. The molecule has 3 heteroatoms. The minimum absolute atomic E-state index is 0.890. The average Bonchev–Trinajstić information content (AvgIpc) is 3.95. The molecule has 0 fully saturated rings. The lowest BCUT2D eigenvalue weighted by atomic mass is 9.98. The van der Waals surface area contributed by atoms with Crippen LogP contribution < -0.4 is 0 Å². The van der Waals surface area contributed by atoms with Gasteiger partial charge in [0.25, 0.3) is 0 Å². The highest BCUT2D eigenvalue weighted by Crippen LogP contribution is 2.43. The van der Waals surface area contributed by atoms with Gasteiger partial charge in [-0.3, -0.25) is 0 Å². The molecule has 3 aromatic heterocycles. The minimum Gasteiger partial charge on any atom is -0.454 e. The van der Waals surface area contributed by atoms with Crippen molar-refractivity contribution in [1.29, 1.82) is 0 Å². The average molecular weight is 727 g/mol. The molecule has 0 unspecified atom stereocenters. The van der Waals surface area contributed by atoms with Crippen LogP contribution in [0.2, 0.25) is 0 Å². The van der Waals surface area contributed by atoms with Crippen molar-refractivity contribution in [3.8, 4) is 44.8 Å². The molecule has 0 radical (unpaired) electrons. The topological polar surface area (TPSA) is 23.0 Å². The Kier molecular flexibility index (Phi) is 6.93. The number of para-hydroxylation sites is 3. The van der Waals surface area contributed by atoms with Crippen molar-refractivity contribution in [3.63, 3.8) is 0 Å². The summed E-state index contributed by atoms with van der Waals surface area (Å²) in [6, 6.07) is 74.3. The fourth-order valence-corrected chi connectivity index (χ4v) is 9.13. The van der Waals surface area contributed by atoms with Crippen molar-refractivity contribution < 1.29 is 4.42 Å². The molecule has 266 valence electrons. The molecule has 0 aliphatic heterocycles. The Hall–Kier alpha value is -7.62. The van der Waals surface area contributed by atoms with Crippen LogP contribution in [-0.4, -0.2) is 9.13 Å². The Bertz CT molecular complexity index is 3490. The van der Waals surface area contributed by atoms with Gasteiger partial charge in [-0.15, -0.1) is 0 Å². The summed E-state index contributed by atoms with van der Waals surface area (Å²) in [5.41, 5.74) is 15.8. The summed E-state index contributed by atoms with van der Waals surface area (Å²) in [7, 11) is 0. The molecule has 0 aliphatic carbocycles. The highest BCUT2D eigenvalue weighted by Gasteiger charge is 2.21. The number of furan rings is 1. The van der Waals surface area contributed by atoms with E-state index >= 15 is 0 Å². The maximum absolute atomic E-state index is 6.77. The lowest BCUT2D eigenvalue weighted by Gasteiger charge is -2.12. The van der Waals surface area contributed by atoms with Crippen LogP contribution in [0.25, 0.3) is 110 Å². The van der Waals surface area contributed by atoms with E-state index in [-0.39, 0.29) is 0 Å². The zero-order valence-electron chi connectivity index (χ0n) is 30.9. The van der Waals surface area contributed by atoms with E-state index in [9.17, 15) is 0 Å². The molecular weight excluding hydrogens is 693 g/mol. The highest BCUT2D eigenvalue weighted by atomic mass is 16.3. The van der Waals surface area contributed by atoms with Gasteiger partial charge >= 0.3 is 0 Å². The van der Waals surface area contributed by atoms with Crippen molar-refractivity contribution in [2.45, 2.75) is 0 Å². The van der Waals surface area contributed by atoms with E-state index in [1.807, 2.05) is 6.07 Å². The monoisotopic (exact) mass is 726 g/mol. The van der Waals surface area contributed by atoms with Crippen molar-refractivity contribution >= 4 is 65.6 Å². The predicted octanol–water partition coefficient (Wildman–Crippen LogP) is 14.8. The first-order valence-electron chi connectivity index (χ1n) is 19.5. The van der Waals surface area contributed by atoms with Crippen LogP contribution in [0.15, 0.2) is 211 Å². The summed E-state index contributed by atoms with van der Waals surface area (Å²) in [4.78, 5) is 0. The van der Waals surface area contributed by atoms with Gasteiger partial charge in [-0.1, -0.05) is 146 Å². The number of benzene rings is 9. The summed E-state index contributed by atoms with van der Waals surface area (Å²) >= 11 is 0. The molecule has 0 saturated carbocycles. The lowest BCUT2D eigenvalue weighted by Crippen LogP contribution is -1.95. The van der Waals surface area contributed by atoms with Crippen LogP contribution in [-0.2, 0) is 0 Å². The maximum atomic E-state index is 6.77. The standard InChI is InChI=1S/C54H34N2O/c1-3-13-35(14-4-1)36-23-27-40(28-24-36)55-47-20-10-7-17-42(47)45-33-38(25-30-49(45)55)39-26-31-50-46(34-39)43-18-8-11-21-48(43)56(50)51-32-29-41(37-15-5-2-6-16-37)53-44-19-9-12-22-52(44)57-54(51)53/h1-34H. The van der Waals surface area contributed by atoms with Gasteiger partial charge in [-0.25, -0.2) is 0 Å². The van der Waals surface area contributed by atoms with Gasteiger partial charge < -0.3 is 13.6 Å². The Balaban J connectivity index is 1.02. The summed E-state index contributed by atoms with van der Waals surface area (Å²) in [5.74, 6) is 0. The molecule has 0 spiro atoms. The molecule has 12 rings (SSSR count). The third kappa shape index (κ3) is 4.86. The summed E-state index contributed by atoms with van der Waals surface area (Å²) < 4.78 is 11.5. The maximum Gasteiger partial charge on any atom is 0.160 e. The number of nitrogens with zero attached hydrogens (tertiary/aromatic N) is 2. The van der Waals surface area contributed by atoms with E-state index < -0.39 is 0 Å². The SMILES string of the molecule is c1ccc(-c2ccc(-n3c4ccccc4c4cc(-c5ccc6c(c5)c5ccccc5n6-c5ccc(-c6ccccc6)c6c5oc5ccccc56)ccc43)cc2)cc1. The molecule has 0 N–H and O–H groups in total. The normalized spacial score (nSPS) is 11.9. The summed E-state index contributed by atoms with van der Waals surface area (Å²) in [6.45, 7) is 0. The fourth-order valence-electron chi connectivity index (χ4n) is 9.13. The molecule has 0 aliphatic rings. The lowest BCUT2D eigenvalue weighted by molar-refractivity contribution is 0.666. The van der Waals surface area contributed by atoms with Gasteiger partial charge in [0.1, 0.15) is 5.58 Å². The molecule has 3 heterocycles. The quantitative estimate of drug-likeness (QED) is 0.173. The van der Waals surface area contributed by atoms with Crippen LogP contribution in [0.1, 0.15) is 0 Å². The largest absolute Gasteiger partial charge is 0.454 e. The third-order valence-corrected chi connectivity index (χ3v) is 11.7. The van der Waals surface area contributed by atoms with Gasteiger partial charge in [0.05, 0.1) is 27.8 Å². The molecule has 0 atom stereocenters. The van der Waals surface area contributed by atoms with E-state index in [4.69, 9.17) is 4.42 Å². The van der Waals surface area contributed by atoms with Crippen molar-refractivity contribution in [2.24, 2.45) is 0 Å². The first-order chi connectivity index (χ1) is 28.3. The van der Waals surface area contributed by atoms with E-state index in [1.54, 1.807) is 0 Å². The van der Waals surface area contributed by atoms with Crippen molar-refractivity contribution in [3.05, 3.63) is 206 Å². The second-order valence-corrected chi connectivity index (χ2v) is 14.9. The van der Waals surface area contributed by atoms with E-state index in [2.05, 4.69) is 209 Å². The van der Waals surface area contributed by atoms with E-state index in [0.29, 0.717) is 0 Å². The molecule has 57 heavy (non-hydrogen) atoms. The molecule has 0 bridgehead atoms. The van der Waals surface area contributed by atoms with E-state index in [0.717, 1.165) is 44.3 Å². The number of hydrogen-bond donors (Lipinski definition) is 0.